The van der Waals surface area contributed by atoms with Crippen LogP contribution in [0.25, 0.3) is 12.3 Å². The summed E-state index contributed by atoms with van der Waals surface area (Å²) in [5.74, 6) is 0.766. The van der Waals surface area contributed by atoms with Gasteiger partial charge in [0.05, 0.1) is 5.69 Å². The van der Waals surface area contributed by atoms with Crippen molar-refractivity contribution in [1.82, 2.24) is 9.78 Å². The first-order chi connectivity index (χ1) is 17.1. The van der Waals surface area contributed by atoms with Crippen LogP contribution in [0.5, 0.6) is 0 Å². The molecule has 1 aliphatic rings. The number of nitrogens with zero attached hydrogens (tertiary/aromatic N) is 3. The molecular formula is C30H28N4O. The third kappa shape index (κ3) is 4.28. The average Bonchev–Trinajstić information content (AvgIpc) is 3.24. The van der Waals surface area contributed by atoms with E-state index in [4.69, 9.17) is 5.10 Å². The van der Waals surface area contributed by atoms with Crippen LogP contribution in [0.4, 0.5) is 17.2 Å². The summed E-state index contributed by atoms with van der Waals surface area (Å²) in [7, 11) is 4.10. The molecule has 5 rings (SSSR count). The van der Waals surface area contributed by atoms with Gasteiger partial charge in [-0.2, -0.15) is 0 Å². The highest BCUT2D eigenvalue weighted by molar-refractivity contribution is 5.76. The highest BCUT2D eigenvalue weighted by Crippen LogP contribution is 2.44. The molecule has 0 bridgehead atoms. The van der Waals surface area contributed by atoms with E-state index in [1.54, 1.807) is 6.20 Å². The van der Waals surface area contributed by atoms with Crippen LogP contribution < -0.4 is 10.2 Å². The molecule has 1 heterocycles. The van der Waals surface area contributed by atoms with Crippen molar-refractivity contribution in [2.24, 2.45) is 0 Å². The molecule has 0 aliphatic heterocycles. The highest BCUT2D eigenvalue weighted by Gasteiger charge is 2.37. The number of aldehydes is 1. The lowest BCUT2D eigenvalue weighted by Crippen LogP contribution is -2.31. The number of anilines is 3. The molecule has 5 nitrogen and oxygen atoms in total. The SMILES string of the molecule is CN(C)c1ccc(C2(c3ccccc3)C=Cc3c(Nc4ccccc4)nn(C=CC=O)c3C2)cc1. The molecule has 1 aliphatic carbocycles. The topological polar surface area (TPSA) is 50.2 Å². The van der Waals surface area contributed by atoms with Crippen LogP contribution in [0, 0.1) is 0 Å². The van der Waals surface area contributed by atoms with Gasteiger partial charge in [0.25, 0.3) is 0 Å². The summed E-state index contributed by atoms with van der Waals surface area (Å²) in [5, 5.41) is 8.26. The second-order valence-corrected chi connectivity index (χ2v) is 8.91. The van der Waals surface area contributed by atoms with E-state index >= 15 is 0 Å². The smallest absolute Gasteiger partial charge is 0.160 e. The van der Waals surface area contributed by atoms with Crippen molar-refractivity contribution in [1.29, 1.82) is 0 Å². The Kier molecular flexibility index (Phi) is 6.06. The number of fused-ring (bicyclic) bond motifs is 1. The number of hydrogen-bond acceptors (Lipinski definition) is 4. The second kappa shape index (κ2) is 9.47. The minimum atomic E-state index is -0.365. The fourth-order valence-corrected chi connectivity index (χ4v) is 4.73. The van der Waals surface area contributed by atoms with E-state index in [0.29, 0.717) is 6.42 Å². The molecular weight excluding hydrogens is 432 g/mol. The fourth-order valence-electron chi connectivity index (χ4n) is 4.73. The monoisotopic (exact) mass is 460 g/mol. The molecule has 1 atom stereocenters. The molecule has 35 heavy (non-hydrogen) atoms. The number of benzene rings is 3. The lowest BCUT2D eigenvalue weighted by molar-refractivity contribution is -0.104. The quantitative estimate of drug-likeness (QED) is 0.275. The van der Waals surface area contributed by atoms with Crippen molar-refractivity contribution in [2.75, 3.05) is 24.3 Å². The number of aromatic nitrogens is 2. The zero-order valence-corrected chi connectivity index (χ0v) is 19.9. The largest absolute Gasteiger partial charge is 0.378 e. The maximum Gasteiger partial charge on any atom is 0.160 e. The minimum Gasteiger partial charge on any atom is -0.378 e. The number of nitrogens with one attached hydrogen (secondary N) is 1. The lowest BCUT2D eigenvalue weighted by atomic mass is 9.68. The summed E-state index contributed by atoms with van der Waals surface area (Å²) < 4.78 is 1.82. The van der Waals surface area contributed by atoms with E-state index < -0.39 is 0 Å². The number of allylic oxidation sites excluding steroid dienone is 2. The van der Waals surface area contributed by atoms with E-state index in [9.17, 15) is 4.79 Å². The summed E-state index contributed by atoms with van der Waals surface area (Å²) in [6.07, 6.45) is 9.15. The molecule has 1 aromatic heterocycles. The van der Waals surface area contributed by atoms with Gasteiger partial charge in [0.15, 0.2) is 5.82 Å². The summed E-state index contributed by atoms with van der Waals surface area (Å²) in [4.78, 5) is 13.2. The van der Waals surface area contributed by atoms with Crippen molar-refractivity contribution >= 4 is 35.8 Å². The number of carbonyl (C=O) groups is 1. The Morgan fingerprint density at radius 3 is 2.23 bits per heavy atom. The maximum atomic E-state index is 11.1. The first-order valence-electron chi connectivity index (χ1n) is 11.7. The molecule has 0 amide bonds. The molecule has 1 unspecified atom stereocenters. The first kappa shape index (κ1) is 22.4. The highest BCUT2D eigenvalue weighted by atomic mass is 16.1. The van der Waals surface area contributed by atoms with Crippen LogP contribution in [0.15, 0.2) is 97.1 Å². The fraction of sp³-hybridized carbons (Fsp3) is 0.133. The molecule has 0 spiro atoms. The van der Waals surface area contributed by atoms with Crippen molar-refractivity contribution in [3.05, 3.63) is 119 Å². The Morgan fingerprint density at radius 1 is 0.914 bits per heavy atom. The Labute approximate surface area is 206 Å². The summed E-state index contributed by atoms with van der Waals surface area (Å²) in [5.41, 5.74) is 6.25. The number of carbonyl (C=O) groups excluding carboxylic acids is 1. The van der Waals surface area contributed by atoms with E-state index in [0.717, 1.165) is 34.7 Å². The van der Waals surface area contributed by atoms with E-state index in [2.05, 4.69) is 70.9 Å². The van der Waals surface area contributed by atoms with Gasteiger partial charge in [-0.05, 0) is 41.5 Å². The Morgan fingerprint density at radius 2 is 1.57 bits per heavy atom. The summed E-state index contributed by atoms with van der Waals surface area (Å²) in [6, 6.07) is 29.3. The Balaban J connectivity index is 1.65. The third-order valence-electron chi connectivity index (χ3n) is 6.56. The summed E-state index contributed by atoms with van der Waals surface area (Å²) in [6.45, 7) is 0. The standard InChI is InChI=1S/C30H28N4O/c1-33(2)26-16-14-24(15-17-26)30(23-10-5-3-6-11-23)19-18-27-28(22-30)34(20-9-21-35)32-29(27)31-25-12-7-4-8-13-25/h3-21H,22H2,1-2H3,(H,31,32). The lowest BCUT2D eigenvalue weighted by Gasteiger charge is -2.35. The second-order valence-electron chi connectivity index (χ2n) is 8.91. The zero-order valence-electron chi connectivity index (χ0n) is 19.9. The molecule has 0 saturated carbocycles. The van der Waals surface area contributed by atoms with Gasteiger partial charge in [-0.15, -0.1) is 5.10 Å². The van der Waals surface area contributed by atoms with Crippen LogP contribution in [0.1, 0.15) is 22.4 Å². The van der Waals surface area contributed by atoms with Crippen LogP contribution in [-0.2, 0) is 16.6 Å². The van der Waals surface area contributed by atoms with Crippen LogP contribution >= 0.6 is 0 Å². The zero-order chi connectivity index (χ0) is 24.3. The predicted octanol–water partition coefficient (Wildman–Crippen LogP) is 5.92. The van der Waals surface area contributed by atoms with E-state index in [-0.39, 0.29) is 5.41 Å². The molecule has 0 saturated heterocycles. The van der Waals surface area contributed by atoms with E-state index in [1.165, 1.54) is 17.2 Å². The molecule has 4 aromatic rings. The van der Waals surface area contributed by atoms with Gasteiger partial charge in [-0.3, -0.25) is 4.79 Å². The third-order valence-corrected chi connectivity index (χ3v) is 6.56. The van der Waals surface area contributed by atoms with Gasteiger partial charge in [0, 0.05) is 49.1 Å². The maximum absolute atomic E-state index is 11.1. The van der Waals surface area contributed by atoms with Crippen molar-refractivity contribution in [3.8, 4) is 0 Å². The molecule has 1 N–H and O–H groups in total. The van der Waals surface area contributed by atoms with E-state index in [1.807, 2.05) is 55.2 Å². The van der Waals surface area contributed by atoms with Crippen LogP contribution in [-0.4, -0.2) is 30.2 Å². The van der Waals surface area contributed by atoms with Gasteiger partial charge in [0.1, 0.15) is 6.29 Å². The molecule has 174 valence electrons. The predicted molar refractivity (Wildman–Crippen MR) is 144 cm³/mol. The number of para-hydroxylation sites is 1. The Hall–Kier alpha value is -4.38. The van der Waals surface area contributed by atoms with Gasteiger partial charge in [0.2, 0.25) is 0 Å². The molecule has 5 heteroatoms. The first-order valence-corrected chi connectivity index (χ1v) is 11.7. The van der Waals surface area contributed by atoms with Crippen LogP contribution in [0.3, 0.4) is 0 Å². The molecule has 0 fully saturated rings. The van der Waals surface area contributed by atoms with Crippen molar-refractivity contribution < 1.29 is 4.79 Å². The number of rotatable bonds is 7. The van der Waals surface area contributed by atoms with Gasteiger partial charge < -0.3 is 10.2 Å². The van der Waals surface area contributed by atoms with Crippen LogP contribution in [0.2, 0.25) is 0 Å². The average molecular weight is 461 g/mol. The van der Waals surface area contributed by atoms with Crippen molar-refractivity contribution in [2.45, 2.75) is 11.8 Å². The number of hydrogen-bond donors (Lipinski definition) is 1. The van der Waals surface area contributed by atoms with Gasteiger partial charge >= 0.3 is 0 Å². The Bertz CT molecular complexity index is 1370. The normalized spacial score (nSPS) is 16.7. The molecule has 3 aromatic carbocycles. The van der Waals surface area contributed by atoms with Gasteiger partial charge in [-0.25, -0.2) is 4.68 Å². The minimum absolute atomic E-state index is 0.365. The summed E-state index contributed by atoms with van der Waals surface area (Å²) >= 11 is 0. The van der Waals surface area contributed by atoms with Gasteiger partial charge in [-0.1, -0.05) is 72.8 Å². The molecule has 0 radical (unpaired) electrons. The van der Waals surface area contributed by atoms with Crippen molar-refractivity contribution in [3.63, 3.8) is 0 Å².